The molecule has 7 nitrogen and oxygen atoms in total. The van der Waals surface area contributed by atoms with Gasteiger partial charge in [0.2, 0.25) is 10.0 Å². The van der Waals surface area contributed by atoms with Gasteiger partial charge in [0.1, 0.15) is 15.9 Å². The number of rotatable bonds is 4. The fourth-order valence-corrected chi connectivity index (χ4v) is 1.93. The number of hydrogen-bond donors (Lipinski definition) is 0. The molecule has 0 N–H and O–H groups in total. The molecule has 0 unspecified atom stereocenters. The number of hydrogen-bond acceptors (Lipinski definition) is 6. The first kappa shape index (κ1) is 18.6. The van der Waals surface area contributed by atoms with Crippen LogP contribution in [0.2, 0.25) is 0 Å². The fourth-order valence-electron chi connectivity index (χ4n) is 1.12. The molecule has 0 heterocycles. The first-order chi connectivity index (χ1) is 8.13. The molecule has 0 aliphatic heterocycles. The molecular formula is C9H10NNaO6S2. The molecular weight excluding hydrogens is 305 g/mol. The van der Waals surface area contributed by atoms with Gasteiger partial charge in [-0.3, -0.25) is 0 Å². The van der Waals surface area contributed by atoms with Crippen molar-refractivity contribution in [2.45, 2.75) is 4.90 Å². The number of nitrogens with zero attached hydrogens (tertiary/aromatic N) is 1. The standard InChI is InChI=1S/C9H11NO6S2.Na/c1-16-9-4-3-8(18(13,14)15)5-7(9)6-10-17(2,11)12;/h3-6H,1-2H3,(H,13,14,15);/q;+1/p-1/b10-6+;. The molecule has 0 radical (unpaired) electrons. The zero-order valence-electron chi connectivity index (χ0n) is 10.5. The van der Waals surface area contributed by atoms with Gasteiger partial charge in [-0.25, -0.2) is 16.8 Å². The third-order valence-corrected chi connectivity index (χ3v) is 3.19. The van der Waals surface area contributed by atoms with E-state index in [1.165, 1.54) is 13.2 Å². The van der Waals surface area contributed by atoms with Gasteiger partial charge in [-0.15, -0.1) is 0 Å². The average molecular weight is 315 g/mol. The van der Waals surface area contributed by atoms with Gasteiger partial charge in [0, 0.05) is 5.56 Å². The van der Waals surface area contributed by atoms with E-state index in [2.05, 4.69) is 4.40 Å². The minimum absolute atomic E-state index is 0. The molecule has 1 aromatic carbocycles. The molecule has 19 heavy (non-hydrogen) atoms. The van der Waals surface area contributed by atoms with E-state index in [0.717, 1.165) is 24.6 Å². The summed E-state index contributed by atoms with van der Waals surface area (Å²) in [6.45, 7) is 0. The van der Waals surface area contributed by atoms with Crippen molar-refractivity contribution in [3.8, 4) is 5.75 Å². The zero-order valence-corrected chi connectivity index (χ0v) is 14.2. The van der Waals surface area contributed by atoms with Crippen LogP contribution in [0.5, 0.6) is 5.75 Å². The van der Waals surface area contributed by atoms with Crippen molar-refractivity contribution in [1.82, 2.24) is 0 Å². The van der Waals surface area contributed by atoms with Gasteiger partial charge in [0.25, 0.3) is 0 Å². The van der Waals surface area contributed by atoms with Crippen LogP contribution in [-0.2, 0) is 20.1 Å². The summed E-state index contributed by atoms with van der Waals surface area (Å²) in [5.41, 5.74) is 0.0832. The molecule has 0 bridgehead atoms. The van der Waals surface area contributed by atoms with Crippen LogP contribution in [0.4, 0.5) is 0 Å². The second-order valence-electron chi connectivity index (χ2n) is 3.33. The van der Waals surface area contributed by atoms with E-state index >= 15 is 0 Å². The van der Waals surface area contributed by atoms with E-state index in [-0.39, 0.29) is 40.9 Å². The minimum atomic E-state index is -4.62. The third-order valence-electron chi connectivity index (χ3n) is 1.87. The van der Waals surface area contributed by atoms with Crippen LogP contribution in [0.3, 0.4) is 0 Å². The quantitative estimate of drug-likeness (QED) is 0.332. The first-order valence-electron chi connectivity index (χ1n) is 4.53. The molecule has 1 aromatic rings. The molecule has 0 aromatic heterocycles. The van der Waals surface area contributed by atoms with Crippen molar-refractivity contribution in [3.05, 3.63) is 23.8 Å². The minimum Gasteiger partial charge on any atom is -0.744 e. The summed E-state index contributed by atoms with van der Waals surface area (Å²) in [5.74, 6) is 0.204. The predicted octanol–water partition coefficient (Wildman–Crippen LogP) is -3.02. The first-order valence-corrected chi connectivity index (χ1v) is 7.78. The van der Waals surface area contributed by atoms with Gasteiger partial charge >= 0.3 is 29.6 Å². The van der Waals surface area contributed by atoms with E-state index in [1.54, 1.807) is 0 Å². The summed E-state index contributed by atoms with van der Waals surface area (Å²) in [5, 5.41) is 0. The number of ether oxygens (including phenoxy) is 1. The SMILES string of the molecule is COc1ccc(S(=O)(=O)[O-])cc1/C=N/S(C)(=O)=O.[Na+]. The van der Waals surface area contributed by atoms with Gasteiger partial charge in [-0.2, -0.15) is 4.40 Å². The molecule has 0 saturated heterocycles. The molecule has 0 fully saturated rings. The van der Waals surface area contributed by atoms with Crippen LogP contribution in [0, 0.1) is 0 Å². The Morgan fingerprint density at radius 3 is 2.26 bits per heavy atom. The van der Waals surface area contributed by atoms with E-state index in [9.17, 15) is 21.4 Å². The smallest absolute Gasteiger partial charge is 0.744 e. The van der Waals surface area contributed by atoms with Crippen molar-refractivity contribution in [1.29, 1.82) is 0 Å². The van der Waals surface area contributed by atoms with Gasteiger partial charge < -0.3 is 9.29 Å². The molecule has 1 rings (SSSR count). The van der Waals surface area contributed by atoms with E-state index in [1.807, 2.05) is 0 Å². The summed E-state index contributed by atoms with van der Waals surface area (Å²) in [6.07, 6.45) is 1.80. The van der Waals surface area contributed by atoms with Crippen molar-refractivity contribution < 1.29 is 55.7 Å². The van der Waals surface area contributed by atoms with Crippen molar-refractivity contribution in [2.75, 3.05) is 13.4 Å². The predicted molar refractivity (Wildman–Crippen MR) is 63.4 cm³/mol. The largest absolute Gasteiger partial charge is 1.00 e. The molecule has 0 atom stereocenters. The Morgan fingerprint density at radius 1 is 1.26 bits per heavy atom. The Morgan fingerprint density at radius 2 is 1.84 bits per heavy atom. The van der Waals surface area contributed by atoms with Crippen molar-refractivity contribution in [2.24, 2.45) is 4.40 Å². The summed E-state index contributed by atoms with van der Waals surface area (Å²) in [7, 11) is -6.91. The Labute approximate surface area is 133 Å². The molecule has 0 spiro atoms. The Kier molecular flexibility index (Phi) is 6.66. The van der Waals surface area contributed by atoms with Crippen molar-refractivity contribution >= 4 is 26.4 Å². The fraction of sp³-hybridized carbons (Fsp3) is 0.222. The monoisotopic (exact) mass is 315 g/mol. The van der Waals surface area contributed by atoms with Crippen LogP contribution in [0.25, 0.3) is 0 Å². The van der Waals surface area contributed by atoms with Crippen LogP contribution in [0.15, 0.2) is 27.5 Å². The van der Waals surface area contributed by atoms with E-state index < -0.39 is 25.0 Å². The number of sulfonamides is 1. The van der Waals surface area contributed by atoms with Crippen LogP contribution < -0.4 is 34.3 Å². The number of benzene rings is 1. The summed E-state index contributed by atoms with van der Waals surface area (Å²) < 4.78 is 62.3. The molecule has 100 valence electrons. The molecule has 0 aliphatic carbocycles. The summed E-state index contributed by atoms with van der Waals surface area (Å²) >= 11 is 0. The maximum atomic E-state index is 10.9. The Hall–Kier alpha value is -0.450. The third kappa shape index (κ3) is 6.02. The Bertz CT molecular complexity index is 681. The van der Waals surface area contributed by atoms with Gasteiger partial charge in [-0.05, 0) is 18.2 Å². The zero-order chi connectivity index (χ0) is 14.0. The molecule has 0 saturated carbocycles. The second-order valence-corrected chi connectivity index (χ2v) is 6.38. The summed E-state index contributed by atoms with van der Waals surface area (Å²) in [6, 6.07) is 3.31. The second kappa shape index (κ2) is 6.82. The van der Waals surface area contributed by atoms with Crippen LogP contribution in [-0.4, -0.2) is 41.0 Å². The van der Waals surface area contributed by atoms with Gasteiger partial charge in [0.15, 0.2) is 0 Å². The van der Waals surface area contributed by atoms with Gasteiger partial charge in [0.05, 0.1) is 24.5 Å². The van der Waals surface area contributed by atoms with E-state index in [4.69, 9.17) is 4.74 Å². The Balaban J connectivity index is 0.00000324. The molecule has 0 amide bonds. The van der Waals surface area contributed by atoms with Crippen molar-refractivity contribution in [3.63, 3.8) is 0 Å². The maximum absolute atomic E-state index is 10.9. The maximum Gasteiger partial charge on any atom is 1.00 e. The normalized spacial score (nSPS) is 12.2. The van der Waals surface area contributed by atoms with Crippen LogP contribution >= 0.6 is 0 Å². The molecule has 10 heteroatoms. The molecule has 0 aliphatic rings. The van der Waals surface area contributed by atoms with E-state index in [0.29, 0.717) is 0 Å². The number of methoxy groups -OCH3 is 1. The topological polar surface area (TPSA) is 113 Å². The van der Waals surface area contributed by atoms with Gasteiger partial charge in [-0.1, -0.05) is 0 Å². The van der Waals surface area contributed by atoms with Crippen LogP contribution in [0.1, 0.15) is 5.56 Å². The average Bonchev–Trinajstić information content (AvgIpc) is 2.23. The summed E-state index contributed by atoms with van der Waals surface area (Å²) in [4.78, 5) is -0.488.